The van der Waals surface area contributed by atoms with E-state index >= 15 is 0 Å². The van der Waals surface area contributed by atoms with Crippen LogP contribution in [0.5, 0.6) is 5.75 Å². The molecule has 0 unspecified atom stereocenters. The van der Waals surface area contributed by atoms with Crippen molar-refractivity contribution in [2.45, 2.75) is 20.8 Å². The molecule has 0 fully saturated rings. The highest BCUT2D eigenvalue weighted by atomic mass is 79.9. The fourth-order valence-electron chi connectivity index (χ4n) is 3.00. The highest BCUT2D eigenvalue weighted by Gasteiger charge is 2.10. The Morgan fingerprint density at radius 1 is 1.14 bits per heavy atom. The molecule has 1 N–H and O–H groups in total. The highest BCUT2D eigenvalue weighted by molar-refractivity contribution is 9.10. The molecule has 0 bridgehead atoms. The SMILES string of the molecule is CCOc1ccc(C(=O)N/N=C/c2cc(C)n(-c3ccc(Br)cc3)c2C)cc1. The van der Waals surface area contributed by atoms with Crippen LogP contribution in [0.15, 0.2) is 64.2 Å². The van der Waals surface area contributed by atoms with Gasteiger partial charge in [0.15, 0.2) is 0 Å². The van der Waals surface area contributed by atoms with Crippen molar-refractivity contribution in [2.75, 3.05) is 6.61 Å². The number of hydrogen-bond donors (Lipinski definition) is 1. The molecule has 1 aromatic heterocycles. The van der Waals surface area contributed by atoms with Crippen molar-refractivity contribution < 1.29 is 9.53 Å². The molecule has 5 nitrogen and oxygen atoms in total. The molecule has 0 aliphatic heterocycles. The Labute approximate surface area is 173 Å². The van der Waals surface area contributed by atoms with Gasteiger partial charge in [-0.15, -0.1) is 0 Å². The molecule has 0 aliphatic carbocycles. The van der Waals surface area contributed by atoms with E-state index in [1.165, 1.54) is 0 Å². The van der Waals surface area contributed by atoms with Crippen LogP contribution in [0.4, 0.5) is 0 Å². The first-order valence-corrected chi connectivity index (χ1v) is 9.80. The van der Waals surface area contributed by atoms with Gasteiger partial charge in [0, 0.05) is 32.7 Å². The standard InChI is InChI=1S/C22H22BrN3O2/c1-4-28-21-11-5-17(6-12-21)22(27)25-24-14-18-13-15(2)26(16(18)3)20-9-7-19(23)8-10-20/h5-14H,4H2,1-3H3,(H,25,27)/b24-14+. The second-order valence-electron chi connectivity index (χ2n) is 6.29. The van der Waals surface area contributed by atoms with E-state index < -0.39 is 0 Å². The fourth-order valence-corrected chi connectivity index (χ4v) is 3.26. The molecule has 0 saturated carbocycles. The lowest BCUT2D eigenvalue weighted by atomic mass is 10.2. The molecule has 0 atom stereocenters. The number of rotatable bonds is 6. The third-order valence-electron chi connectivity index (χ3n) is 4.35. The molecular weight excluding hydrogens is 418 g/mol. The van der Waals surface area contributed by atoms with Crippen molar-refractivity contribution in [3.63, 3.8) is 0 Å². The summed E-state index contributed by atoms with van der Waals surface area (Å²) < 4.78 is 8.58. The molecule has 1 heterocycles. The number of ether oxygens (including phenoxy) is 1. The minimum atomic E-state index is -0.263. The van der Waals surface area contributed by atoms with Crippen LogP contribution in [0.1, 0.15) is 34.2 Å². The predicted molar refractivity (Wildman–Crippen MR) is 116 cm³/mol. The minimum absolute atomic E-state index is 0.263. The van der Waals surface area contributed by atoms with Crippen molar-refractivity contribution in [3.05, 3.63) is 81.6 Å². The molecular formula is C22H22BrN3O2. The van der Waals surface area contributed by atoms with Crippen LogP contribution in [-0.2, 0) is 0 Å². The number of carbonyl (C=O) groups is 1. The third kappa shape index (κ3) is 4.51. The van der Waals surface area contributed by atoms with Crippen LogP contribution in [0.25, 0.3) is 5.69 Å². The second-order valence-corrected chi connectivity index (χ2v) is 7.21. The van der Waals surface area contributed by atoms with Gasteiger partial charge >= 0.3 is 0 Å². The van der Waals surface area contributed by atoms with Crippen LogP contribution in [-0.4, -0.2) is 23.3 Å². The molecule has 28 heavy (non-hydrogen) atoms. The average molecular weight is 440 g/mol. The Morgan fingerprint density at radius 2 is 1.82 bits per heavy atom. The Bertz CT molecular complexity index is 990. The zero-order valence-corrected chi connectivity index (χ0v) is 17.7. The number of carbonyl (C=O) groups excluding carboxylic acids is 1. The van der Waals surface area contributed by atoms with Crippen molar-refractivity contribution in [1.29, 1.82) is 0 Å². The number of benzene rings is 2. The van der Waals surface area contributed by atoms with Gasteiger partial charge in [-0.3, -0.25) is 4.79 Å². The molecule has 0 spiro atoms. The fraction of sp³-hybridized carbons (Fsp3) is 0.182. The highest BCUT2D eigenvalue weighted by Crippen LogP contribution is 2.21. The summed E-state index contributed by atoms with van der Waals surface area (Å²) >= 11 is 3.46. The van der Waals surface area contributed by atoms with Crippen LogP contribution in [0, 0.1) is 13.8 Å². The molecule has 0 aliphatic rings. The summed E-state index contributed by atoms with van der Waals surface area (Å²) in [7, 11) is 0. The van der Waals surface area contributed by atoms with Crippen molar-refractivity contribution in [3.8, 4) is 11.4 Å². The van der Waals surface area contributed by atoms with Crippen molar-refractivity contribution >= 4 is 28.1 Å². The second kappa shape index (κ2) is 8.89. The summed E-state index contributed by atoms with van der Waals surface area (Å²) in [5, 5.41) is 4.12. The topological polar surface area (TPSA) is 55.6 Å². The number of hydrazone groups is 1. The lowest BCUT2D eigenvalue weighted by Crippen LogP contribution is -2.17. The zero-order chi connectivity index (χ0) is 20.1. The van der Waals surface area contributed by atoms with Gasteiger partial charge in [-0.05, 0) is 75.4 Å². The Kier molecular flexibility index (Phi) is 6.31. The monoisotopic (exact) mass is 439 g/mol. The van der Waals surface area contributed by atoms with E-state index in [2.05, 4.69) is 43.2 Å². The van der Waals surface area contributed by atoms with Gasteiger partial charge in [0.1, 0.15) is 5.75 Å². The van der Waals surface area contributed by atoms with Crippen LogP contribution in [0.2, 0.25) is 0 Å². The van der Waals surface area contributed by atoms with Crippen LogP contribution in [0.3, 0.4) is 0 Å². The van der Waals surface area contributed by atoms with Gasteiger partial charge in [0.2, 0.25) is 0 Å². The summed E-state index contributed by atoms with van der Waals surface area (Å²) in [5.74, 6) is 0.476. The summed E-state index contributed by atoms with van der Waals surface area (Å²) in [6.45, 7) is 6.59. The number of amides is 1. The Hall–Kier alpha value is -2.86. The number of aromatic nitrogens is 1. The molecule has 1 amide bonds. The zero-order valence-electron chi connectivity index (χ0n) is 16.1. The maximum atomic E-state index is 12.2. The number of nitrogens with one attached hydrogen (secondary N) is 1. The molecule has 6 heteroatoms. The lowest BCUT2D eigenvalue weighted by Gasteiger charge is -2.09. The number of halogens is 1. The van der Waals surface area contributed by atoms with Gasteiger partial charge in [-0.1, -0.05) is 15.9 Å². The molecule has 0 radical (unpaired) electrons. The van der Waals surface area contributed by atoms with Crippen LogP contribution < -0.4 is 10.2 Å². The maximum Gasteiger partial charge on any atom is 0.271 e. The molecule has 3 aromatic rings. The first-order chi connectivity index (χ1) is 13.5. The van der Waals surface area contributed by atoms with Crippen molar-refractivity contribution in [1.82, 2.24) is 9.99 Å². The lowest BCUT2D eigenvalue weighted by molar-refractivity contribution is 0.0955. The molecule has 3 rings (SSSR count). The third-order valence-corrected chi connectivity index (χ3v) is 4.88. The van der Waals surface area contributed by atoms with Crippen molar-refractivity contribution in [2.24, 2.45) is 5.10 Å². The molecule has 2 aromatic carbocycles. The summed E-state index contributed by atoms with van der Waals surface area (Å²) in [4.78, 5) is 12.2. The molecule has 144 valence electrons. The predicted octanol–water partition coefficient (Wildman–Crippen LogP) is 5.02. The summed E-state index contributed by atoms with van der Waals surface area (Å²) in [6, 6.07) is 17.2. The molecule has 0 saturated heterocycles. The first kappa shape index (κ1) is 19.9. The number of hydrogen-bond acceptors (Lipinski definition) is 3. The van der Waals surface area contributed by atoms with E-state index in [1.807, 2.05) is 39.0 Å². The van der Waals surface area contributed by atoms with E-state index in [4.69, 9.17) is 4.74 Å². The van der Waals surface area contributed by atoms with Gasteiger partial charge in [0.05, 0.1) is 12.8 Å². The van der Waals surface area contributed by atoms with E-state index in [-0.39, 0.29) is 5.91 Å². The smallest absolute Gasteiger partial charge is 0.271 e. The quantitative estimate of drug-likeness (QED) is 0.432. The largest absolute Gasteiger partial charge is 0.494 e. The van der Waals surface area contributed by atoms with E-state index in [0.717, 1.165) is 32.9 Å². The van der Waals surface area contributed by atoms with Gasteiger partial charge in [-0.25, -0.2) is 5.43 Å². The van der Waals surface area contributed by atoms with E-state index in [0.29, 0.717) is 12.2 Å². The van der Waals surface area contributed by atoms with Crippen LogP contribution >= 0.6 is 15.9 Å². The van der Waals surface area contributed by atoms with Gasteiger partial charge in [-0.2, -0.15) is 5.10 Å². The maximum absolute atomic E-state index is 12.2. The van der Waals surface area contributed by atoms with Gasteiger partial charge < -0.3 is 9.30 Å². The normalized spacial score (nSPS) is 11.0. The van der Waals surface area contributed by atoms with E-state index in [1.54, 1.807) is 30.5 Å². The number of nitrogens with zero attached hydrogens (tertiary/aromatic N) is 2. The number of aryl methyl sites for hydroxylation is 1. The Morgan fingerprint density at radius 3 is 2.46 bits per heavy atom. The Balaban J connectivity index is 1.71. The van der Waals surface area contributed by atoms with Gasteiger partial charge in [0.25, 0.3) is 5.91 Å². The van der Waals surface area contributed by atoms with E-state index in [9.17, 15) is 4.79 Å². The summed E-state index contributed by atoms with van der Waals surface area (Å²) in [6.07, 6.45) is 1.67. The average Bonchev–Trinajstić information content (AvgIpc) is 2.97. The summed E-state index contributed by atoms with van der Waals surface area (Å²) in [5.41, 5.74) is 7.29. The first-order valence-electron chi connectivity index (χ1n) is 9.00. The minimum Gasteiger partial charge on any atom is -0.494 e.